The van der Waals surface area contributed by atoms with E-state index in [1.54, 1.807) is 26.0 Å². The van der Waals surface area contributed by atoms with Gasteiger partial charge in [-0.1, -0.05) is 0 Å². The zero-order valence-corrected chi connectivity index (χ0v) is 33.7. The van der Waals surface area contributed by atoms with Gasteiger partial charge in [0.05, 0.1) is 41.7 Å². The number of anilines is 1. The molecule has 0 bridgehead atoms. The number of carbonyl (C=O) groups excluding carboxylic acids is 5. The van der Waals surface area contributed by atoms with E-state index in [9.17, 15) is 37.1 Å². The molecule has 0 aromatic carbocycles. The number of rotatable bonds is 12. The third kappa shape index (κ3) is 9.62. The number of pyridine rings is 2. The lowest BCUT2D eigenvalue weighted by Crippen LogP contribution is -2.58. The lowest BCUT2D eigenvalue weighted by atomic mass is 9.89. The van der Waals surface area contributed by atoms with Gasteiger partial charge in [-0.3, -0.25) is 34.4 Å². The van der Waals surface area contributed by atoms with Crippen molar-refractivity contribution in [2.45, 2.75) is 119 Å². The first kappa shape index (κ1) is 43.0. The van der Waals surface area contributed by atoms with Gasteiger partial charge in [-0.2, -0.15) is 22.7 Å². The van der Waals surface area contributed by atoms with Crippen LogP contribution in [0.25, 0.3) is 0 Å². The maximum Gasteiger partial charge on any atom is 0.419 e. The number of nitrogens with one attached hydrogen (secondary N) is 2. The van der Waals surface area contributed by atoms with Crippen molar-refractivity contribution in [1.82, 2.24) is 34.3 Å². The first-order chi connectivity index (χ1) is 27.5. The highest BCUT2D eigenvalue weighted by Crippen LogP contribution is 2.41. The third-order valence-electron chi connectivity index (χ3n) is 11.3. The number of ether oxygens (including phenoxy) is 1. The SMILES string of the molecule is C[C@@H]1CN(CCCOC2CCC(N3C(=O)N(Sc4cnc(C#N)c(C(F)(F)F)c4)C(=O)C3(C)C)CC2)C[C@H](C)N1CC(=O)Nc1ccc(C2CCC(=O)NC2=O)nc1. The van der Waals surface area contributed by atoms with Crippen LogP contribution in [0.5, 0.6) is 0 Å². The van der Waals surface area contributed by atoms with E-state index in [0.717, 1.165) is 42.6 Å². The number of hydrogen-bond donors (Lipinski definition) is 2. The van der Waals surface area contributed by atoms with E-state index in [4.69, 9.17) is 10.00 Å². The van der Waals surface area contributed by atoms with Crippen LogP contribution in [0.3, 0.4) is 0 Å². The Hall–Kier alpha value is -4.64. The lowest BCUT2D eigenvalue weighted by Gasteiger charge is -2.44. The van der Waals surface area contributed by atoms with Crippen molar-refractivity contribution in [1.29, 1.82) is 5.26 Å². The summed E-state index contributed by atoms with van der Waals surface area (Å²) in [5.74, 6) is -1.83. The van der Waals surface area contributed by atoms with Crippen molar-refractivity contribution in [2.24, 2.45) is 0 Å². The van der Waals surface area contributed by atoms with Crippen LogP contribution in [0.2, 0.25) is 0 Å². The topological polar surface area (TPSA) is 181 Å². The molecule has 15 nitrogen and oxygen atoms in total. The molecule has 312 valence electrons. The van der Waals surface area contributed by atoms with Crippen LogP contribution < -0.4 is 10.6 Å². The molecule has 19 heteroatoms. The molecule has 2 aromatic heterocycles. The van der Waals surface area contributed by atoms with Crippen LogP contribution in [0, 0.1) is 11.3 Å². The Kier molecular flexibility index (Phi) is 13.1. The molecule has 6 rings (SSSR count). The van der Waals surface area contributed by atoms with Crippen molar-refractivity contribution in [3.05, 3.63) is 47.5 Å². The summed E-state index contributed by atoms with van der Waals surface area (Å²) in [7, 11) is 0. The minimum atomic E-state index is -4.83. The number of amides is 6. The fourth-order valence-electron chi connectivity index (χ4n) is 8.37. The zero-order chi connectivity index (χ0) is 41.9. The second kappa shape index (κ2) is 17.7. The second-order valence-corrected chi connectivity index (χ2v) is 16.9. The summed E-state index contributed by atoms with van der Waals surface area (Å²) < 4.78 is 47.7. The van der Waals surface area contributed by atoms with Crippen LogP contribution in [0.15, 0.2) is 35.5 Å². The van der Waals surface area contributed by atoms with Crippen LogP contribution in [0.1, 0.15) is 95.5 Å². The Morgan fingerprint density at radius 3 is 2.38 bits per heavy atom. The van der Waals surface area contributed by atoms with Gasteiger partial charge in [0.1, 0.15) is 11.6 Å². The highest BCUT2D eigenvalue weighted by atomic mass is 32.2. The summed E-state index contributed by atoms with van der Waals surface area (Å²) in [6.07, 6.45) is 1.84. The first-order valence-electron chi connectivity index (χ1n) is 19.5. The summed E-state index contributed by atoms with van der Waals surface area (Å²) in [4.78, 5) is 77.6. The van der Waals surface area contributed by atoms with E-state index < -0.39 is 40.8 Å². The Bertz CT molecular complexity index is 1920. The molecular formula is C39H48F3N9O6S. The number of nitriles is 1. The molecular weight excluding hydrogens is 780 g/mol. The molecule has 6 amide bonds. The molecule has 0 spiro atoms. The predicted octanol–water partition coefficient (Wildman–Crippen LogP) is 4.69. The average Bonchev–Trinajstić information content (AvgIpc) is 3.33. The lowest BCUT2D eigenvalue weighted by molar-refractivity contribution is -0.138. The molecule has 58 heavy (non-hydrogen) atoms. The van der Waals surface area contributed by atoms with Gasteiger partial charge in [-0.25, -0.2) is 9.78 Å². The van der Waals surface area contributed by atoms with E-state index >= 15 is 0 Å². The maximum atomic E-state index is 13.6. The fourth-order valence-corrected chi connectivity index (χ4v) is 9.32. The standard InChI is InChI=1S/C39H48F3N9O6S/c1-23-20-48(21-24(2)49(23)22-34(53)46-25-6-12-31(44-18-25)29-11-13-33(52)47-35(29)54)14-5-15-57-27-9-7-26(8-10-27)50-37(56)51(36(55)38(50,3)4)58-28-16-30(39(40,41)42)32(17-43)45-19-28/h6,12,16,18-19,23-24,26-27,29H,5,7-11,13-15,20-22H2,1-4H3,(H,46,53)(H,47,52,54)/t23-,24+,26?,27?,29?. The summed E-state index contributed by atoms with van der Waals surface area (Å²) in [6.45, 7) is 10.7. The van der Waals surface area contributed by atoms with Crippen LogP contribution in [0.4, 0.5) is 23.7 Å². The van der Waals surface area contributed by atoms with Crippen LogP contribution in [-0.2, 0) is 30.1 Å². The molecule has 3 saturated heterocycles. The zero-order valence-electron chi connectivity index (χ0n) is 32.9. The molecule has 0 radical (unpaired) electrons. The predicted molar refractivity (Wildman–Crippen MR) is 205 cm³/mol. The number of carbonyl (C=O) groups is 5. The fraction of sp³-hybridized carbons (Fsp3) is 0.590. The second-order valence-electron chi connectivity index (χ2n) is 15.9. The Morgan fingerprint density at radius 2 is 1.76 bits per heavy atom. The van der Waals surface area contributed by atoms with Crippen molar-refractivity contribution in [3.8, 4) is 6.07 Å². The minimum absolute atomic E-state index is 0.000742. The van der Waals surface area contributed by atoms with Crippen molar-refractivity contribution in [3.63, 3.8) is 0 Å². The number of imide groups is 2. The Labute approximate surface area is 339 Å². The normalized spacial score (nSPS) is 25.8. The summed E-state index contributed by atoms with van der Waals surface area (Å²) in [6, 6.07) is 5.01. The van der Waals surface area contributed by atoms with Crippen LogP contribution >= 0.6 is 11.9 Å². The van der Waals surface area contributed by atoms with E-state index in [-0.39, 0.29) is 59.8 Å². The largest absolute Gasteiger partial charge is 0.419 e. The number of aromatic nitrogens is 2. The number of nitrogens with zero attached hydrogens (tertiary/aromatic N) is 7. The summed E-state index contributed by atoms with van der Waals surface area (Å²) >= 11 is 0.573. The van der Waals surface area contributed by atoms with Crippen molar-refractivity contribution >= 4 is 47.3 Å². The van der Waals surface area contributed by atoms with Gasteiger partial charge in [0.15, 0.2) is 5.69 Å². The Balaban J connectivity index is 0.907. The first-order valence-corrected chi connectivity index (χ1v) is 20.3. The van der Waals surface area contributed by atoms with Gasteiger partial charge in [0.2, 0.25) is 17.7 Å². The summed E-state index contributed by atoms with van der Waals surface area (Å²) in [5.41, 5.74) is -2.13. The molecule has 1 unspecified atom stereocenters. The van der Waals surface area contributed by atoms with Gasteiger partial charge in [-0.15, -0.1) is 0 Å². The van der Waals surface area contributed by atoms with Gasteiger partial charge in [-0.05, 0) is 84.4 Å². The molecule has 1 aliphatic carbocycles. The number of piperazine rings is 1. The molecule has 1 saturated carbocycles. The molecule has 4 aliphatic rings. The highest BCUT2D eigenvalue weighted by Gasteiger charge is 2.55. The smallest absolute Gasteiger partial charge is 0.378 e. The molecule has 2 N–H and O–H groups in total. The molecule has 2 aromatic rings. The van der Waals surface area contributed by atoms with Crippen molar-refractivity contribution in [2.75, 3.05) is 38.1 Å². The van der Waals surface area contributed by atoms with E-state index in [0.29, 0.717) is 62.0 Å². The molecule has 3 aliphatic heterocycles. The van der Waals surface area contributed by atoms with Gasteiger partial charge in [0.25, 0.3) is 5.91 Å². The van der Waals surface area contributed by atoms with E-state index in [1.165, 1.54) is 17.2 Å². The third-order valence-corrected chi connectivity index (χ3v) is 12.2. The summed E-state index contributed by atoms with van der Waals surface area (Å²) in [5, 5.41) is 14.3. The van der Waals surface area contributed by atoms with Gasteiger partial charge >= 0.3 is 12.2 Å². The molecule has 5 heterocycles. The number of urea groups is 1. The van der Waals surface area contributed by atoms with Crippen molar-refractivity contribution < 1.29 is 41.9 Å². The Morgan fingerprint density at radius 1 is 1.05 bits per heavy atom. The number of halogens is 3. The average molecular weight is 828 g/mol. The van der Waals surface area contributed by atoms with Gasteiger partial charge < -0.3 is 19.9 Å². The molecule has 4 fully saturated rings. The van der Waals surface area contributed by atoms with Gasteiger partial charge in [0, 0.05) is 73.8 Å². The number of alkyl halides is 3. The highest BCUT2D eigenvalue weighted by molar-refractivity contribution is 7.98. The number of hydrogen-bond acceptors (Lipinski definition) is 12. The minimum Gasteiger partial charge on any atom is -0.378 e. The monoisotopic (exact) mass is 827 g/mol. The van der Waals surface area contributed by atoms with Crippen LogP contribution in [-0.4, -0.2) is 121 Å². The van der Waals surface area contributed by atoms with E-state index in [1.807, 2.05) is 0 Å². The number of piperidine rings is 1. The quantitative estimate of drug-likeness (QED) is 0.131. The maximum absolute atomic E-state index is 13.6. The molecule has 3 atom stereocenters. The van der Waals surface area contributed by atoms with E-state index in [2.05, 4.69) is 44.2 Å².